The molecule has 2 aliphatic rings. The first-order valence-corrected chi connectivity index (χ1v) is 6.66. The molecule has 102 valence electrons. The lowest BCUT2D eigenvalue weighted by Crippen LogP contribution is -2.39. The Morgan fingerprint density at radius 2 is 2.21 bits per heavy atom. The Labute approximate surface area is 111 Å². The van der Waals surface area contributed by atoms with Crippen molar-refractivity contribution in [2.45, 2.75) is 51.4 Å². The zero-order chi connectivity index (χ0) is 13.4. The number of carbonyl (C=O) groups is 2. The lowest BCUT2D eigenvalue weighted by Gasteiger charge is -2.14. The Morgan fingerprint density at radius 1 is 1.42 bits per heavy atom. The Bertz CT molecular complexity index is 508. The molecule has 0 spiro atoms. The zero-order valence-electron chi connectivity index (χ0n) is 10.9. The van der Waals surface area contributed by atoms with E-state index in [1.807, 2.05) is 11.5 Å². The van der Waals surface area contributed by atoms with Gasteiger partial charge in [0.2, 0.25) is 11.8 Å². The molecule has 1 saturated carbocycles. The molecule has 2 heterocycles. The Kier molecular flexibility index (Phi) is 3.06. The summed E-state index contributed by atoms with van der Waals surface area (Å²) < 4.78 is 1.91. The summed E-state index contributed by atoms with van der Waals surface area (Å²) in [5.74, 6) is 0.643. The summed E-state index contributed by atoms with van der Waals surface area (Å²) in [7, 11) is 0. The number of amides is 2. The molecule has 1 aliphatic carbocycles. The number of rotatable bonds is 5. The van der Waals surface area contributed by atoms with Gasteiger partial charge in [-0.15, -0.1) is 10.2 Å². The Hall–Kier alpha value is -1.76. The number of carbonyl (C=O) groups excluding carboxylic acids is 2. The molecule has 2 fully saturated rings. The van der Waals surface area contributed by atoms with E-state index < -0.39 is 6.04 Å². The summed E-state index contributed by atoms with van der Waals surface area (Å²) in [5.41, 5.74) is 0. The van der Waals surface area contributed by atoms with E-state index in [-0.39, 0.29) is 24.3 Å². The van der Waals surface area contributed by atoms with Crippen LogP contribution in [-0.4, -0.2) is 43.6 Å². The monoisotopic (exact) mass is 263 g/mol. The highest BCUT2D eigenvalue weighted by Gasteiger charge is 2.45. The first kappa shape index (κ1) is 12.3. The molecule has 1 saturated heterocycles. The van der Waals surface area contributed by atoms with Gasteiger partial charge in [-0.3, -0.25) is 19.8 Å². The zero-order valence-corrected chi connectivity index (χ0v) is 10.9. The number of aromatic nitrogens is 3. The van der Waals surface area contributed by atoms with Crippen molar-refractivity contribution in [3.05, 3.63) is 12.2 Å². The van der Waals surface area contributed by atoms with E-state index >= 15 is 0 Å². The summed E-state index contributed by atoms with van der Waals surface area (Å²) >= 11 is 0. The van der Waals surface area contributed by atoms with Crippen LogP contribution in [0.4, 0.5) is 0 Å². The van der Waals surface area contributed by atoms with Gasteiger partial charge in [-0.1, -0.05) is 0 Å². The maximum Gasteiger partial charge on any atom is 0.247 e. The van der Waals surface area contributed by atoms with Crippen LogP contribution in [0.15, 0.2) is 6.33 Å². The highest BCUT2D eigenvalue weighted by molar-refractivity contribution is 6.06. The van der Waals surface area contributed by atoms with Crippen LogP contribution in [0.2, 0.25) is 0 Å². The van der Waals surface area contributed by atoms with Crippen LogP contribution in [0.5, 0.6) is 0 Å². The number of imide groups is 1. The van der Waals surface area contributed by atoms with Crippen LogP contribution in [0.25, 0.3) is 0 Å². The number of likely N-dealkylation sites (tertiary alicyclic amines) is 1. The minimum atomic E-state index is -0.407. The third-order valence-corrected chi connectivity index (χ3v) is 3.64. The number of nitrogens with zero attached hydrogens (tertiary/aromatic N) is 4. The third kappa shape index (κ3) is 2.25. The number of hydrogen-bond acceptors (Lipinski definition) is 5. The van der Waals surface area contributed by atoms with Gasteiger partial charge in [-0.05, 0) is 19.8 Å². The molecule has 1 aromatic heterocycles. The van der Waals surface area contributed by atoms with Crippen LogP contribution in [0, 0.1) is 0 Å². The topological polar surface area (TPSA) is 80.1 Å². The van der Waals surface area contributed by atoms with E-state index in [9.17, 15) is 9.59 Å². The Balaban J connectivity index is 1.61. The molecule has 7 heteroatoms. The summed E-state index contributed by atoms with van der Waals surface area (Å²) in [5, 5.41) is 11.0. The molecule has 19 heavy (non-hydrogen) atoms. The second-order valence-electron chi connectivity index (χ2n) is 5.00. The van der Waals surface area contributed by atoms with E-state index in [1.54, 1.807) is 6.33 Å². The van der Waals surface area contributed by atoms with Gasteiger partial charge in [-0.2, -0.15) is 0 Å². The van der Waals surface area contributed by atoms with Crippen molar-refractivity contribution in [2.24, 2.45) is 0 Å². The lowest BCUT2D eigenvalue weighted by atomic mass is 10.2. The van der Waals surface area contributed by atoms with Crippen molar-refractivity contribution in [2.75, 3.05) is 0 Å². The maximum absolute atomic E-state index is 12.1. The van der Waals surface area contributed by atoms with Crippen LogP contribution in [0.1, 0.15) is 32.0 Å². The minimum Gasteiger partial charge on any atom is -0.317 e. The second kappa shape index (κ2) is 4.73. The van der Waals surface area contributed by atoms with E-state index in [0.29, 0.717) is 6.54 Å². The quantitative estimate of drug-likeness (QED) is 0.736. The average molecular weight is 263 g/mol. The fourth-order valence-electron chi connectivity index (χ4n) is 2.42. The molecule has 0 aromatic carbocycles. The van der Waals surface area contributed by atoms with E-state index in [4.69, 9.17) is 0 Å². The fourth-order valence-corrected chi connectivity index (χ4v) is 2.42. The molecule has 1 N–H and O–H groups in total. The largest absolute Gasteiger partial charge is 0.317 e. The smallest absolute Gasteiger partial charge is 0.247 e. The summed E-state index contributed by atoms with van der Waals surface area (Å²) in [6.45, 7) is 3.25. The van der Waals surface area contributed by atoms with Gasteiger partial charge in [-0.25, -0.2) is 0 Å². The fraction of sp³-hybridized carbons (Fsp3) is 0.667. The van der Waals surface area contributed by atoms with E-state index in [2.05, 4.69) is 15.5 Å². The first-order valence-electron chi connectivity index (χ1n) is 6.66. The van der Waals surface area contributed by atoms with Gasteiger partial charge in [0.25, 0.3) is 0 Å². The Morgan fingerprint density at radius 3 is 2.89 bits per heavy atom. The van der Waals surface area contributed by atoms with Gasteiger partial charge in [0.15, 0.2) is 0 Å². The highest BCUT2D eigenvalue weighted by atomic mass is 16.2. The van der Waals surface area contributed by atoms with Gasteiger partial charge < -0.3 is 4.57 Å². The molecule has 0 radical (unpaired) electrons. The van der Waals surface area contributed by atoms with Crippen LogP contribution in [0.3, 0.4) is 0 Å². The maximum atomic E-state index is 12.1. The van der Waals surface area contributed by atoms with Crippen molar-refractivity contribution in [3.63, 3.8) is 0 Å². The van der Waals surface area contributed by atoms with Crippen LogP contribution in [-0.2, 0) is 22.7 Å². The normalized spacial score (nSPS) is 23.4. The third-order valence-electron chi connectivity index (χ3n) is 3.64. The molecular weight excluding hydrogens is 246 g/mol. The SMILES string of the molecule is CCn1cnnc1CNC1CC(=O)N(C2CC2)C1=O. The molecule has 1 atom stereocenters. The van der Waals surface area contributed by atoms with Gasteiger partial charge in [0.05, 0.1) is 19.0 Å². The van der Waals surface area contributed by atoms with Crippen molar-refractivity contribution in [1.82, 2.24) is 25.0 Å². The van der Waals surface area contributed by atoms with Crippen molar-refractivity contribution in [1.29, 1.82) is 0 Å². The summed E-state index contributed by atoms with van der Waals surface area (Å²) in [6.07, 6.45) is 3.83. The summed E-state index contributed by atoms with van der Waals surface area (Å²) in [6, 6.07) is -0.249. The lowest BCUT2D eigenvalue weighted by molar-refractivity contribution is -0.139. The number of nitrogens with one attached hydrogen (secondary N) is 1. The average Bonchev–Trinajstić information content (AvgIpc) is 3.04. The van der Waals surface area contributed by atoms with E-state index in [0.717, 1.165) is 25.2 Å². The first-order chi connectivity index (χ1) is 9.20. The van der Waals surface area contributed by atoms with E-state index in [1.165, 1.54) is 4.90 Å². The van der Waals surface area contributed by atoms with Crippen molar-refractivity contribution in [3.8, 4) is 0 Å². The second-order valence-corrected chi connectivity index (χ2v) is 5.00. The number of aryl methyl sites for hydroxylation is 1. The van der Waals surface area contributed by atoms with Gasteiger partial charge >= 0.3 is 0 Å². The minimum absolute atomic E-state index is 0.0537. The van der Waals surface area contributed by atoms with Gasteiger partial charge in [0, 0.05) is 12.6 Å². The summed E-state index contributed by atoms with van der Waals surface area (Å²) in [4.78, 5) is 25.3. The van der Waals surface area contributed by atoms with Gasteiger partial charge in [0.1, 0.15) is 12.2 Å². The standard InChI is InChI=1S/C12H17N5O2/c1-2-16-7-14-15-10(16)6-13-9-5-11(18)17(12(9)19)8-3-4-8/h7-9,13H,2-6H2,1H3. The molecule has 0 bridgehead atoms. The van der Waals surface area contributed by atoms with Crippen molar-refractivity contribution >= 4 is 11.8 Å². The molecule has 3 rings (SSSR count). The molecule has 1 unspecified atom stereocenters. The molecule has 2 amide bonds. The molecule has 1 aromatic rings. The molecule has 7 nitrogen and oxygen atoms in total. The predicted octanol–water partition coefficient (Wildman–Crippen LogP) is -0.322. The van der Waals surface area contributed by atoms with Crippen LogP contribution >= 0.6 is 0 Å². The molecule has 1 aliphatic heterocycles. The van der Waals surface area contributed by atoms with Crippen molar-refractivity contribution < 1.29 is 9.59 Å². The highest BCUT2D eigenvalue weighted by Crippen LogP contribution is 2.31. The van der Waals surface area contributed by atoms with Crippen LogP contribution < -0.4 is 5.32 Å². The number of hydrogen-bond donors (Lipinski definition) is 1. The molecular formula is C12H17N5O2. The predicted molar refractivity (Wildman–Crippen MR) is 65.8 cm³/mol.